The molecule has 0 bridgehead atoms. The Morgan fingerprint density at radius 3 is 2.62 bits per heavy atom. The molecule has 21 heavy (non-hydrogen) atoms. The van der Waals surface area contributed by atoms with Crippen LogP contribution in [0.15, 0.2) is 54.9 Å². The number of benzene rings is 1. The summed E-state index contributed by atoms with van der Waals surface area (Å²) >= 11 is 0. The third-order valence-electron chi connectivity index (χ3n) is 3.09. The summed E-state index contributed by atoms with van der Waals surface area (Å²) in [5, 5.41) is 15.9. The second-order valence-electron chi connectivity index (χ2n) is 4.79. The van der Waals surface area contributed by atoms with Crippen molar-refractivity contribution in [3.8, 4) is 11.3 Å². The van der Waals surface area contributed by atoms with Gasteiger partial charge in [-0.3, -0.25) is 4.68 Å². The van der Waals surface area contributed by atoms with E-state index in [0.717, 1.165) is 29.9 Å². The first kappa shape index (κ1) is 13.3. The van der Waals surface area contributed by atoms with E-state index >= 15 is 0 Å². The molecule has 0 saturated carbocycles. The van der Waals surface area contributed by atoms with E-state index in [4.69, 9.17) is 0 Å². The number of anilines is 2. The second kappa shape index (κ2) is 6.17. The van der Waals surface area contributed by atoms with Gasteiger partial charge in [-0.2, -0.15) is 5.10 Å². The summed E-state index contributed by atoms with van der Waals surface area (Å²) in [4.78, 5) is 0. The summed E-state index contributed by atoms with van der Waals surface area (Å²) in [6.07, 6.45) is 4.82. The van der Waals surface area contributed by atoms with Gasteiger partial charge in [-0.05, 0) is 18.6 Å². The molecule has 1 aromatic carbocycles. The Labute approximate surface area is 123 Å². The van der Waals surface area contributed by atoms with Gasteiger partial charge in [0.15, 0.2) is 5.82 Å². The Balaban J connectivity index is 1.72. The fraction of sp³-hybridized carbons (Fsp3) is 0.188. The summed E-state index contributed by atoms with van der Waals surface area (Å²) in [6, 6.07) is 13.9. The van der Waals surface area contributed by atoms with E-state index in [1.165, 1.54) is 0 Å². The first-order chi connectivity index (χ1) is 10.3. The molecule has 0 fully saturated rings. The number of hydrogen-bond donors (Lipinski definition) is 1. The molecule has 0 aliphatic carbocycles. The van der Waals surface area contributed by atoms with Crippen molar-refractivity contribution in [2.45, 2.75) is 19.9 Å². The molecule has 0 unspecified atom stereocenters. The lowest BCUT2D eigenvalue weighted by Crippen LogP contribution is -1.97. The summed E-state index contributed by atoms with van der Waals surface area (Å²) in [6.45, 7) is 3.04. The summed E-state index contributed by atoms with van der Waals surface area (Å²) < 4.78 is 1.91. The van der Waals surface area contributed by atoms with E-state index in [1.807, 2.05) is 53.3 Å². The van der Waals surface area contributed by atoms with Crippen molar-refractivity contribution >= 4 is 11.5 Å². The van der Waals surface area contributed by atoms with Crippen LogP contribution in [-0.4, -0.2) is 20.0 Å². The zero-order valence-corrected chi connectivity index (χ0v) is 11.9. The molecule has 2 heterocycles. The van der Waals surface area contributed by atoms with Gasteiger partial charge in [-0.1, -0.05) is 37.3 Å². The number of aromatic nitrogens is 4. The van der Waals surface area contributed by atoms with Gasteiger partial charge in [0.25, 0.3) is 0 Å². The smallest absolute Gasteiger partial charge is 0.153 e. The lowest BCUT2D eigenvalue weighted by molar-refractivity contribution is 0.603. The first-order valence-corrected chi connectivity index (χ1v) is 7.04. The maximum absolute atomic E-state index is 4.27. The Morgan fingerprint density at radius 1 is 1.05 bits per heavy atom. The maximum Gasteiger partial charge on any atom is 0.153 e. The Hall–Kier alpha value is -2.69. The minimum atomic E-state index is 0.714. The van der Waals surface area contributed by atoms with Gasteiger partial charge in [-0.25, -0.2) is 0 Å². The van der Waals surface area contributed by atoms with Gasteiger partial charge < -0.3 is 5.32 Å². The minimum Gasteiger partial charge on any atom is -0.336 e. The fourth-order valence-corrected chi connectivity index (χ4v) is 2.09. The van der Waals surface area contributed by atoms with Crippen LogP contribution in [-0.2, 0) is 6.54 Å². The molecule has 0 spiro atoms. The van der Waals surface area contributed by atoms with Crippen molar-refractivity contribution in [1.29, 1.82) is 0 Å². The molecule has 0 saturated heterocycles. The van der Waals surface area contributed by atoms with Gasteiger partial charge >= 0.3 is 0 Å². The molecule has 0 radical (unpaired) electrons. The molecule has 0 aliphatic rings. The summed E-state index contributed by atoms with van der Waals surface area (Å²) in [5.74, 6) is 0.714. The van der Waals surface area contributed by atoms with Crippen LogP contribution >= 0.6 is 0 Å². The third-order valence-corrected chi connectivity index (χ3v) is 3.09. The average Bonchev–Trinajstić information content (AvgIpc) is 2.97. The highest BCUT2D eigenvalue weighted by Gasteiger charge is 2.02. The van der Waals surface area contributed by atoms with Gasteiger partial charge in [0, 0.05) is 18.3 Å². The lowest BCUT2D eigenvalue weighted by Gasteiger charge is -2.03. The average molecular weight is 279 g/mol. The fourth-order valence-electron chi connectivity index (χ4n) is 2.09. The van der Waals surface area contributed by atoms with Crippen LogP contribution in [0.2, 0.25) is 0 Å². The van der Waals surface area contributed by atoms with E-state index in [0.29, 0.717) is 5.82 Å². The normalized spacial score (nSPS) is 10.5. The van der Waals surface area contributed by atoms with Gasteiger partial charge in [-0.15, -0.1) is 10.2 Å². The molecule has 0 aliphatic heterocycles. The van der Waals surface area contributed by atoms with Crippen molar-refractivity contribution in [3.05, 3.63) is 54.9 Å². The molecule has 1 N–H and O–H groups in total. The van der Waals surface area contributed by atoms with Gasteiger partial charge in [0.05, 0.1) is 17.6 Å². The van der Waals surface area contributed by atoms with Crippen LogP contribution in [0.5, 0.6) is 0 Å². The largest absolute Gasteiger partial charge is 0.336 e. The monoisotopic (exact) mass is 279 g/mol. The molecule has 3 rings (SSSR count). The van der Waals surface area contributed by atoms with Crippen molar-refractivity contribution in [3.63, 3.8) is 0 Å². The molecule has 5 nitrogen and oxygen atoms in total. The van der Waals surface area contributed by atoms with Crippen molar-refractivity contribution in [1.82, 2.24) is 20.0 Å². The Morgan fingerprint density at radius 2 is 1.90 bits per heavy atom. The second-order valence-corrected chi connectivity index (χ2v) is 4.79. The van der Waals surface area contributed by atoms with Crippen LogP contribution < -0.4 is 5.32 Å². The highest BCUT2D eigenvalue weighted by Crippen LogP contribution is 2.18. The predicted octanol–water partition coefficient (Wildman–Crippen LogP) is 3.49. The quantitative estimate of drug-likeness (QED) is 0.776. The molecule has 2 aromatic heterocycles. The predicted molar refractivity (Wildman–Crippen MR) is 83.3 cm³/mol. The molecular weight excluding hydrogens is 262 g/mol. The number of hydrogen-bond acceptors (Lipinski definition) is 4. The van der Waals surface area contributed by atoms with Crippen LogP contribution in [0, 0.1) is 0 Å². The van der Waals surface area contributed by atoms with E-state index < -0.39 is 0 Å². The zero-order chi connectivity index (χ0) is 14.5. The first-order valence-electron chi connectivity index (χ1n) is 7.04. The molecule has 5 heteroatoms. The number of nitrogens with zero attached hydrogens (tertiary/aromatic N) is 4. The van der Waals surface area contributed by atoms with Crippen molar-refractivity contribution in [2.75, 3.05) is 5.32 Å². The van der Waals surface area contributed by atoms with E-state index in [2.05, 4.69) is 27.5 Å². The molecular formula is C16H17N5. The minimum absolute atomic E-state index is 0.714. The standard InChI is InChI=1S/C16H17N5/c1-2-10-21-12-14(11-17-21)18-16-9-8-15(19-20-16)13-6-4-3-5-7-13/h3-9,11-12H,2,10H2,1H3,(H,18,20). The van der Waals surface area contributed by atoms with E-state index in [1.54, 1.807) is 6.20 Å². The third kappa shape index (κ3) is 3.25. The highest BCUT2D eigenvalue weighted by atomic mass is 15.3. The number of aryl methyl sites for hydroxylation is 1. The maximum atomic E-state index is 4.27. The van der Waals surface area contributed by atoms with Crippen LogP contribution in [0.4, 0.5) is 11.5 Å². The van der Waals surface area contributed by atoms with Crippen LogP contribution in [0.3, 0.4) is 0 Å². The summed E-state index contributed by atoms with van der Waals surface area (Å²) in [7, 11) is 0. The lowest BCUT2D eigenvalue weighted by atomic mass is 10.1. The Kier molecular flexibility index (Phi) is 3.91. The number of nitrogens with one attached hydrogen (secondary N) is 1. The van der Waals surface area contributed by atoms with Gasteiger partial charge in [0.2, 0.25) is 0 Å². The molecule has 3 aromatic rings. The van der Waals surface area contributed by atoms with Crippen LogP contribution in [0.25, 0.3) is 11.3 Å². The van der Waals surface area contributed by atoms with E-state index in [9.17, 15) is 0 Å². The van der Waals surface area contributed by atoms with Gasteiger partial charge in [0.1, 0.15) is 0 Å². The number of rotatable bonds is 5. The Bertz CT molecular complexity index is 688. The highest BCUT2D eigenvalue weighted by molar-refractivity contribution is 5.61. The summed E-state index contributed by atoms with van der Waals surface area (Å²) in [5.41, 5.74) is 2.85. The topological polar surface area (TPSA) is 55.6 Å². The molecule has 0 amide bonds. The van der Waals surface area contributed by atoms with Crippen LogP contribution in [0.1, 0.15) is 13.3 Å². The molecule has 106 valence electrons. The SMILES string of the molecule is CCCn1cc(Nc2ccc(-c3ccccc3)nn2)cn1. The van der Waals surface area contributed by atoms with Crippen molar-refractivity contribution in [2.24, 2.45) is 0 Å². The zero-order valence-electron chi connectivity index (χ0n) is 11.9. The van der Waals surface area contributed by atoms with Crippen molar-refractivity contribution < 1.29 is 0 Å². The van der Waals surface area contributed by atoms with E-state index in [-0.39, 0.29) is 0 Å². The molecule has 0 atom stereocenters.